The lowest BCUT2D eigenvalue weighted by atomic mass is 10.1. The number of hydrogen-bond donors (Lipinski definition) is 1. The van der Waals surface area contributed by atoms with Gasteiger partial charge < -0.3 is 10.3 Å². The minimum absolute atomic E-state index is 0.0584. The number of hydrogen-bond acceptors (Lipinski definition) is 3. The van der Waals surface area contributed by atoms with Gasteiger partial charge in [0, 0.05) is 6.04 Å². The molecule has 16 heavy (non-hydrogen) atoms. The predicted molar refractivity (Wildman–Crippen MR) is 64.0 cm³/mol. The molecule has 0 saturated heterocycles. The maximum Gasteiger partial charge on any atom is 0.150 e. The molecule has 1 atom stereocenters. The van der Waals surface area contributed by atoms with E-state index in [-0.39, 0.29) is 6.04 Å². The van der Waals surface area contributed by atoms with Crippen molar-refractivity contribution in [1.82, 2.24) is 14.8 Å². The molecule has 4 heteroatoms. The zero-order chi connectivity index (χ0) is 11.4. The van der Waals surface area contributed by atoms with Gasteiger partial charge in [-0.3, -0.25) is 0 Å². The molecule has 2 N–H and O–H groups in total. The third-order valence-electron chi connectivity index (χ3n) is 3.52. The Balaban J connectivity index is 2.05. The number of nitrogens with two attached hydrogens (primary N) is 1. The SMILES string of the molecule is CCCC[C@H](N)c1nncn1C1CCCC1. The quantitative estimate of drug-likeness (QED) is 0.833. The Morgan fingerprint density at radius 2 is 2.25 bits per heavy atom. The van der Waals surface area contributed by atoms with E-state index in [1.165, 1.54) is 38.5 Å². The van der Waals surface area contributed by atoms with Gasteiger partial charge in [0.05, 0.1) is 6.04 Å². The molecular weight excluding hydrogens is 200 g/mol. The molecule has 0 spiro atoms. The van der Waals surface area contributed by atoms with E-state index in [9.17, 15) is 0 Å². The van der Waals surface area contributed by atoms with Gasteiger partial charge in [-0.1, -0.05) is 32.6 Å². The highest BCUT2D eigenvalue weighted by atomic mass is 15.3. The first kappa shape index (κ1) is 11.6. The number of rotatable bonds is 5. The molecule has 0 unspecified atom stereocenters. The van der Waals surface area contributed by atoms with Gasteiger partial charge in [-0.15, -0.1) is 10.2 Å². The fourth-order valence-corrected chi connectivity index (χ4v) is 2.53. The van der Waals surface area contributed by atoms with Crippen molar-refractivity contribution < 1.29 is 0 Å². The summed E-state index contributed by atoms with van der Waals surface area (Å²) in [4.78, 5) is 0. The maximum atomic E-state index is 6.17. The first-order valence-electron chi connectivity index (χ1n) is 6.48. The Bertz CT molecular complexity index is 315. The van der Waals surface area contributed by atoms with E-state index in [0.29, 0.717) is 6.04 Å². The normalized spacial score (nSPS) is 19.1. The van der Waals surface area contributed by atoms with Crippen molar-refractivity contribution in [1.29, 1.82) is 0 Å². The summed E-state index contributed by atoms with van der Waals surface area (Å²) in [6.45, 7) is 2.19. The Morgan fingerprint density at radius 1 is 1.50 bits per heavy atom. The topological polar surface area (TPSA) is 56.7 Å². The van der Waals surface area contributed by atoms with Gasteiger partial charge in [0.1, 0.15) is 12.2 Å². The molecule has 2 rings (SSSR count). The van der Waals surface area contributed by atoms with Crippen molar-refractivity contribution in [2.75, 3.05) is 0 Å². The van der Waals surface area contributed by atoms with Gasteiger partial charge in [-0.05, 0) is 19.3 Å². The molecule has 90 valence electrons. The van der Waals surface area contributed by atoms with Crippen LogP contribution in [0, 0.1) is 0 Å². The van der Waals surface area contributed by atoms with Crippen LogP contribution in [-0.2, 0) is 0 Å². The lowest BCUT2D eigenvalue weighted by molar-refractivity contribution is 0.461. The van der Waals surface area contributed by atoms with E-state index in [0.717, 1.165) is 12.2 Å². The van der Waals surface area contributed by atoms with E-state index in [1.54, 1.807) is 0 Å². The summed E-state index contributed by atoms with van der Waals surface area (Å²) in [5, 5.41) is 8.23. The molecule has 1 aromatic rings. The minimum Gasteiger partial charge on any atom is -0.321 e. The summed E-state index contributed by atoms with van der Waals surface area (Å²) >= 11 is 0. The highest BCUT2D eigenvalue weighted by Gasteiger charge is 2.22. The Kier molecular flexibility index (Phi) is 3.93. The lowest BCUT2D eigenvalue weighted by Gasteiger charge is -2.17. The first-order chi connectivity index (χ1) is 7.83. The number of aromatic nitrogens is 3. The van der Waals surface area contributed by atoms with E-state index in [2.05, 4.69) is 21.7 Å². The summed E-state index contributed by atoms with van der Waals surface area (Å²) in [7, 11) is 0. The largest absolute Gasteiger partial charge is 0.321 e. The Hall–Kier alpha value is -0.900. The van der Waals surface area contributed by atoms with Crippen LogP contribution in [0.5, 0.6) is 0 Å². The van der Waals surface area contributed by atoms with Crippen molar-refractivity contribution in [3.63, 3.8) is 0 Å². The zero-order valence-corrected chi connectivity index (χ0v) is 10.1. The highest BCUT2D eigenvalue weighted by molar-refractivity contribution is 4.97. The van der Waals surface area contributed by atoms with Crippen LogP contribution >= 0.6 is 0 Å². The fraction of sp³-hybridized carbons (Fsp3) is 0.833. The molecule has 4 nitrogen and oxygen atoms in total. The summed E-state index contributed by atoms with van der Waals surface area (Å²) in [6.07, 6.45) is 10.4. The molecular formula is C12H22N4. The van der Waals surface area contributed by atoms with Gasteiger partial charge in [0.15, 0.2) is 0 Å². The van der Waals surface area contributed by atoms with Gasteiger partial charge in [-0.25, -0.2) is 0 Å². The molecule has 1 fully saturated rings. The summed E-state index contributed by atoms with van der Waals surface area (Å²) < 4.78 is 2.22. The molecule has 1 aliphatic carbocycles. The summed E-state index contributed by atoms with van der Waals surface area (Å²) in [5.41, 5.74) is 6.17. The first-order valence-corrected chi connectivity index (χ1v) is 6.48. The van der Waals surface area contributed by atoms with Crippen molar-refractivity contribution in [3.05, 3.63) is 12.2 Å². The summed E-state index contributed by atoms with van der Waals surface area (Å²) in [6, 6.07) is 0.653. The predicted octanol–water partition coefficient (Wildman–Crippen LogP) is 2.58. The fourth-order valence-electron chi connectivity index (χ4n) is 2.53. The zero-order valence-electron chi connectivity index (χ0n) is 10.1. The van der Waals surface area contributed by atoms with Crippen LogP contribution in [0.3, 0.4) is 0 Å². The van der Waals surface area contributed by atoms with Crippen molar-refractivity contribution in [2.45, 2.75) is 64.0 Å². The molecule has 1 saturated carbocycles. The summed E-state index contributed by atoms with van der Waals surface area (Å²) in [5.74, 6) is 0.986. The van der Waals surface area contributed by atoms with Gasteiger partial charge in [0.2, 0.25) is 0 Å². The van der Waals surface area contributed by atoms with E-state index < -0.39 is 0 Å². The van der Waals surface area contributed by atoms with Gasteiger partial charge in [0.25, 0.3) is 0 Å². The van der Waals surface area contributed by atoms with Crippen LogP contribution in [0.25, 0.3) is 0 Å². The average Bonchev–Trinajstić information content (AvgIpc) is 2.94. The second-order valence-corrected chi connectivity index (χ2v) is 4.78. The monoisotopic (exact) mass is 222 g/mol. The number of unbranched alkanes of at least 4 members (excludes halogenated alkanes) is 1. The molecule has 0 aromatic carbocycles. The Morgan fingerprint density at radius 3 is 2.94 bits per heavy atom. The molecule has 1 heterocycles. The van der Waals surface area contributed by atoms with Crippen molar-refractivity contribution >= 4 is 0 Å². The van der Waals surface area contributed by atoms with E-state index in [1.807, 2.05) is 6.33 Å². The van der Waals surface area contributed by atoms with Gasteiger partial charge >= 0.3 is 0 Å². The molecule has 1 aromatic heterocycles. The second kappa shape index (κ2) is 5.43. The van der Waals surface area contributed by atoms with Crippen molar-refractivity contribution in [2.24, 2.45) is 5.73 Å². The maximum absolute atomic E-state index is 6.17. The average molecular weight is 222 g/mol. The standard InChI is InChI=1S/C12H22N4/c1-2-3-8-11(13)12-15-14-9-16(12)10-6-4-5-7-10/h9-11H,2-8,13H2,1H3/t11-/m0/s1. The van der Waals surface area contributed by atoms with Crippen LogP contribution in [0.15, 0.2) is 6.33 Å². The minimum atomic E-state index is 0.0584. The molecule has 1 aliphatic rings. The third kappa shape index (κ3) is 2.43. The molecule has 0 amide bonds. The van der Waals surface area contributed by atoms with Crippen LogP contribution in [0.2, 0.25) is 0 Å². The van der Waals surface area contributed by atoms with Crippen LogP contribution < -0.4 is 5.73 Å². The smallest absolute Gasteiger partial charge is 0.150 e. The van der Waals surface area contributed by atoms with Gasteiger partial charge in [-0.2, -0.15) is 0 Å². The van der Waals surface area contributed by atoms with Crippen LogP contribution in [0.1, 0.15) is 69.8 Å². The third-order valence-corrected chi connectivity index (χ3v) is 3.52. The second-order valence-electron chi connectivity index (χ2n) is 4.78. The van der Waals surface area contributed by atoms with Crippen LogP contribution in [0.4, 0.5) is 0 Å². The number of nitrogens with zero attached hydrogens (tertiary/aromatic N) is 3. The molecule has 0 radical (unpaired) electrons. The lowest BCUT2D eigenvalue weighted by Crippen LogP contribution is -2.18. The highest BCUT2D eigenvalue weighted by Crippen LogP contribution is 2.31. The Labute approximate surface area is 97.2 Å². The van der Waals surface area contributed by atoms with E-state index in [4.69, 9.17) is 5.73 Å². The van der Waals surface area contributed by atoms with Crippen LogP contribution in [-0.4, -0.2) is 14.8 Å². The van der Waals surface area contributed by atoms with Crippen molar-refractivity contribution in [3.8, 4) is 0 Å². The molecule has 0 bridgehead atoms. The molecule has 0 aliphatic heterocycles. The van der Waals surface area contributed by atoms with E-state index >= 15 is 0 Å².